The molecule has 1 aliphatic carbocycles. The molecule has 0 radical (unpaired) electrons. The summed E-state index contributed by atoms with van der Waals surface area (Å²) in [6.07, 6.45) is 0.970. The van der Waals surface area contributed by atoms with Crippen LogP contribution < -0.4 is 10.6 Å². The zero-order chi connectivity index (χ0) is 16.2. The predicted molar refractivity (Wildman–Crippen MR) is 72.9 cm³/mol. The number of carbonyl (C=O) groups is 3. The summed E-state index contributed by atoms with van der Waals surface area (Å²) >= 11 is 0. The second-order valence-electron chi connectivity index (χ2n) is 6.20. The minimum atomic E-state index is -1.82. The molecule has 2 unspecified atom stereocenters. The van der Waals surface area contributed by atoms with Gasteiger partial charge in [-0.25, -0.2) is 14.4 Å². The molecule has 1 saturated carbocycles. The van der Waals surface area contributed by atoms with Crippen LogP contribution in [0.4, 0.5) is 4.79 Å². The maximum Gasteiger partial charge on any atom is 0.414 e. The molecule has 8 nitrogen and oxygen atoms in total. The second kappa shape index (κ2) is 6.75. The Bertz CT molecular complexity index is 391. The number of hydrogen-bond donors (Lipinski definition) is 4. The Labute approximate surface area is 122 Å². The van der Waals surface area contributed by atoms with Gasteiger partial charge in [0.2, 0.25) is 0 Å². The summed E-state index contributed by atoms with van der Waals surface area (Å²) < 4.78 is 5.24. The van der Waals surface area contributed by atoms with Gasteiger partial charge < -0.3 is 25.6 Å². The molecule has 4 N–H and O–H groups in total. The van der Waals surface area contributed by atoms with Gasteiger partial charge in [0.25, 0.3) is 0 Å². The first-order chi connectivity index (χ1) is 9.60. The largest absolute Gasteiger partial charge is 0.473 e. The molecule has 2 saturated heterocycles. The summed E-state index contributed by atoms with van der Waals surface area (Å²) in [5, 5.41) is 21.1. The maximum atomic E-state index is 11.5. The van der Waals surface area contributed by atoms with E-state index >= 15 is 0 Å². The molecule has 3 fully saturated rings. The van der Waals surface area contributed by atoms with Crippen molar-refractivity contribution in [2.75, 3.05) is 13.1 Å². The van der Waals surface area contributed by atoms with E-state index in [1.54, 1.807) is 0 Å². The van der Waals surface area contributed by atoms with E-state index in [1.807, 2.05) is 20.8 Å². The average molecular weight is 302 g/mol. The Morgan fingerprint density at radius 3 is 1.90 bits per heavy atom. The van der Waals surface area contributed by atoms with Crippen LogP contribution in [0.2, 0.25) is 0 Å². The molecule has 0 aromatic carbocycles. The molecule has 2 bridgehead atoms. The quantitative estimate of drug-likeness (QED) is 0.512. The summed E-state index contributed by atoms with van der Waals surface area (Å²) in [4.78, 5) is 29.7. The summed E-state index contributed by atoms with van der Waals surface area (Å²) in [6, 6.07) is 0.334. The van der Waals surface area contributed by atoms with E-state index in [9.17, 15) is 4.79 Å². The lowest BCUT2D eigenvalue weighted by molar-refractivity contribution is -0.159. The molecule has 0 aromatic rings. The number of amides is 1. The fraction of sp³-hybridized carbons (Fsp3) is 0.769. The molecule has 21 heavy (non-hydrogen) atoms. The number of carbonyl (C=O) groups excluding carboxylic acids is 1. The van der Waals surface area contributed by atoms with E-state index in [1.165, 1.54) is 6.42 Å². The SMILES string of the molecule is CC(C)(C)OC(=O)NC1C2CNCC1C2.O=C(O)C(=O)O. The minimum absolute atomic E-state index is 0.274. The molecule has 2 heterocycles. The van der Waals surface area contributed by atoms with E-state index < -0.39 is 17.5 Å². The summed E-state index contributed by atoms with van der Waals surface area (Å²) in [7, 11) is 0. The molecule has 0 spiro atoms. The van der Waals surface area contributed by atoms with Crippen molar-refractivity contribution in [3.8, 4) is 0 Å². The smallest absolute Gasteiger partial charge is 0.414 e. The molecule has 0 aromatic heterocycles. The highest BCUT2D eigenvalue weighted by molar-refractivity contribution is 6.27. The number of rotatable bonds is 1. The van der Waals surface area contributed by atoms with Crippen LogP contribution in [-0.2, 0) is 14.3 Å². The van der Waals surface area contributed by atoms with Crippen LogP contribution in [-0.4, -0.2) is 53.0 Å². The number of carboxylic acids is 2. The molecular formula is C13H22N2O6. The van der Waals surface area contributed by atoms with Crippen LogP contribution >= 0.6 is 0 Å². The Balaban J connectivity index is 0.000000315. The highest BCUT2D eigenvalue weighted by Crippen LogP contribution is 2.36. The zero-order valence-corrected chi connectivity index (χ0v) is 12.4. The highest BCUT2D eigenvalue weighted by atomic mass is 16.6. The first-order valence-electron chi connectivity index (χ1n) is 6.76. The predicted octanol–water partition coefficient (Wildman–Crippen LogP) is 0.275. The van der Waals surface area contributed by atoms with Gasteiger partial charge in [-0.3, -0.25) is 0 Å². The van der Waals surface area contributed by atoms with Gasteiger partial charge in [-0.2, -0.15) is 0 Å². The lowest BCUT2D eigenvalue weighted by Crippen LogP contribution is -2.63. The molecule has 8 heteroatoms. The van der Waals surface area contributed by atoms with Gasteiger partial charge in [0, 0.05) is 6.04 Å². The third-order valence-electron chi connectivity index (χ3n) is 3.30. The fourth-order valence-electron chi connectivity index (χ4n) is 2.43. The first-order valence-corrected chi connectivity index (χ1v) is 6.76. The first kappa shape index (κ1) is 17.2. The van der Waals surface area contributed by atoms with Crippen LogP contribution in [0.3, 0.4) is 0 Å². The number of alkyl carbamates (subject to hydrolysis) is 1. The van der Waals surface area contributed by atoms with E-state index in [0.717, 1.165) is 13.1 Å². The van der Waals surface area contributed by atoms with Gasteiger partial charge in [0.1, 0.15) is 5.60 Å². The van der Waals surface area contributed by atoms with Gasteiger partial charge in [-0.05, 0) is 52.1 Å². The molecule has 2 atom stereocenters. The Morgan fingerprint density at radius 2 is 1.57 bits per heavy atom. The highest BCUT2D eigenvalue weighted by Gasteiger charge is 2.44. The van der Waals surface area contributed by atoms with Crippen LogP contribution in [0.25, 0.3) is 0 Å². The van der Waals surface area contributed by atoms with Crippen molar-refractivity contribution in [1.29, 1.82) is 0 Å². The van der Waals surface area contributed by atoms with Gasteiger partial charge >= 0.3 is 18.0 Å². The summed E-state index contributed by atoms with van der Waals surface area (Å²) in [6.45, 7) is 7.70. The fourth-order valence-corrected chi connectivity index (χ4v) is 2.43. The topological polar surface area (TPSA) is 125 Å². The average Bonchev–Trinajstić information content (AvgIpc) is 2.35. The van der Waals surface area contributed by atoms with Crippen molar-refractivity contribution in [3.05, 3.63) is 0 Å². The Hall–Kier alpha value is -1.83. The number of aliphatic carboxylic acids is 2. The van der Waals surface area contributed by atoms with Crippen molar-refractivity contribution in [1.82, 2.24) is 10.6 Å². The molecule has 2 aliphatic heterocycles. The normalized spacial score (nSPS) is 26.5. The van der Waals surface area contributed by atoms with Crippen molar-refractivity contribution >= 4 is 18.0 Å². The van der Waals surface area contributed by atoms with E-state index in [2.05, 4.69) is 10.6 Å². The number of piperidine rings is 2. The number of ether oxygens (including phenoxy) is 1. The van der Waals surface area contributed by atoms with Gasteiger partial charge in [-0.15, -0.1) is 0 Å². The van der Waals surface area contributed by atoms with Crippen LogP contribution in [0, 0.1) is 11.8 Å². The Morgan fingerprint density at radius 1 is 1.10 bits per heavy atom. The van der Waals surface area contributed by atoms with Crippen molar-refractivity contribution in [3.63, 3.8) is 0 Å². The van der Waals surface area contributed by atoms with Crippen LogP contribution in [0.5, 0.6) is 0 Å². The lowest BCUT2D eigenvalue weighted by Gasteiger charge is -2.49. The monoisotopic (exact) mass is 302 g/mol. The number of nitrogens with one attached hydrogen (secondary N) is 2. The summed E-state index contributed by atoms with van der Waals surface area (Å²) in [5.74, 6) is -2.43. The second-order valence-corrected chi connectivity index (χ2v) is 6.20. The molecule has 1 amide bonds. The van der Waals surface area contributed by atoms with Gasteiger partial charge in [0.15, 0.2) is 0 Å². The molecule has 3 aliphatic rings. The molecular weight excluding hydrogens is 280 g/mol. The molecule has 120 valence electrons. The number of fused-ring (bicyclic) bond motifs is 2. The third kappa shape index (κ3) is 5.58. The van der Waals surface area contributed by atoms with Crippen molar-refractivity contribution in [2.24, 2.45) is 11.8 Å². The third-order valence-corrected chi connectivity index (χ3v) is 3.30. The minimum Gasteiger partial charge on any atom is -0.473 e. The summed E-state index contributed by atoms with van der Waals surface area (Å²) in [5.41, 5.74) is -0.402. The maximum absolute atomic E-state index is 11.5. The lowest BCUT2D eigenvalue weighted by atomic mass is 9.67. The van der Waals surface area contributed by atoms with Crippen molar-refractivity contribution < 1.29 is 29.3 Å². The zero-order valence-electron chi connectivity index (χ0n) is 12.4. The number of hydrogen-bond acceptors (Lipinski definition) is 5. The van der Waals surface area contributed by atoms with Gasteiger partial charge in [-0.1, -0.05) is 0 Å². The van der Waals surface area contributed by atoms with Crippen LogP contribution in [0.15, 0.2) is 0 Å². The van der Waals surface area contributed by atoms with Crippen LogP contribution in [0.1, 0.15) is 27.2 Å². The van der Waals surface area contributed by atoms with Crippen molar-refractivity contribution in [2.45, 2.75) is 38.8 Å². The number of carboxylic acid groups (broad SMARTS) is 2. The van der Waals surface area contributed by atoms with E-state index in [4.69, 9.17) is 24.5 Å². The van der Waals surface area contributed by atoms with Gasteiger partial charge in [0.05, 0.1) is 0 Å². The van der Waals surface area contributed by atoms with E-state index in [0.29, 0.717) is 17.9 Å². The standard InChI is InChI=1S/C11H20N2O2.C2H2O4/c1-11(2,3)15-10(14)13-9-7-4-8(9)6-12-5-7;3-1(4)2(5)6/h7-9,12H,4-6H2,1-3H3,(H,13,14);(H,3,4)(H,5,6). The molecule has 3 rings (SSSR count). The Kier molecular flexibility index (Phi) is 5.54. The van der Waals surface area contributed by atoms with E-state index in [-0.39, 0.29) is 6.09 Å².